The van der Waals surface area contributed by atoms with E-state index in [0.29, 0.717) is 0 Å². The van der Waals surface area contributed by atoms with Crippen LogP contribution in [-0.4, -0.2) is 20.1 Å². The van der Waals surface area contributed by atoms with Crippen molar-refractivity contribution in [3.63, 3.8) is 0 Å². The van der Waals surface area contributed by atoms with Gasteiger partial charge in [-0.15, -0.1) is 0 Å². The van der Waals surface area contributed by atoms with Crippen molar-refractivity contribution in [3.8, 4) is 0 Å². The summed E-state index contributed by atoms with van der Waals surface area (Å²) in [5, 5.41) is 0. The first-order valence-electron chi connectivity index (χ1n) is 5.65. The van der Waals surface area contributed by atoms with E-state index in [9.17, 15) is 26.0 Å². The Hall–Kier alpha value is -1.35. The Morgan fingerprint density at radius 3 is 2.25 bits per heavy atom. The van der Waals surface area contributed by atoms with Gasteiger partial charge in [0.2, 0.25) is 10.0 Å². The van der Waals surface area contributed by atoms with Gasteiger partial charge in [-0.1, -0.05) is 0 Å². The van der Waals surface area contributed by atoms with E-state index in [1.54, 1.807) is 4.72 Å². The summed E-state index contributed by atoms with van der Waals surface area (Å²) < 4.78 is 77.1. The average Bonchev–Trinajstić information content (AvgIpc) is 3.04. The van der Waals surface area contributed by atoms with E-state index in [1.165, 1.54) is 6.92 Å². The number of halogens is 4. The van der Waals surface area contributed by atoms with Crippen molar-refractivity contribution in [1.82, 2.24) is 4.72 Å². The Kier molecular flexibility index (Phi) is 3.25. The van der Waals surface area contributed by atoms with E-state index in [-0.39, 0.29) is 18.4 Å². The molecule has 0 atom stereocenters. The molecule has 0 unspecified atom stereocenters. The third kappa shape index (κ3) is 2.47. The molecule has 0 amide bonds. The first kappa shape index (κ1) is 15.0. The SMILES string of the molecule is Cc1cc(S(=O)(=O)NC2(C(F)(F)F)CC2)cc(N)c1F. The quantitative estimate of drug-likeness (QED) is 0.663. The Balaban J connectivity index is 2.38. The van der Waals surface area contributed by atoms with Crippen LogP contribution in [0.1, 0.15) is 18.4 Å². The predicted octanol–water partition coefficient (Wildman–Crippen LogP) is 2.09. The molecule has 4 nitrogen and oxygen atoms in total. The molecule has 2 rings (SSSR count). The molecule has 1 aromatic carbocycles. The van der Waals surface area contributed by atoms with Gasteiger partial charge in [0, 0.05) is 0 Å². The number of hydrogen-bond acceptors (Lipinski definition) is 3. The van der Waals surface area contributed by atoms with Crippen LogP contribution in [-0.2, 0) is 10.0 Å². The van der Waals surface area contributed by atoms with Crippen LogP contribution in [0.3, 0.4) is 0 Å². The second-order valence-corrected chi connectivity index (χ2v) is 6.51. The number of nitrogens with one attached hydrogen (secondary N) is 1. The maximum absolute atomic E-state index is 13.3. The molecule has 0 bridgehead atoms. The highest BCUT2D eigenvalue weighted by Crippen LogP contribution is 2.49. The maximum Gasteiger partial charge on any atom is 0.407 e. The van der Waals surface area contributed by atoms with Crippen LogP contribution in [0.4, 0.5) is 23.2 Å². The van der Waals surface area contributed by atoms with Gasteiger partial charge in [0.15, 0.2) is 0 Å². The topological polar surface area (TPSA) is 72.2 Å². The highest BCUT2D eigenvalue weighted by molar-refractivity contribution is 7.89. The Bertz CT molecular complexity index is 628. The highest BCUT2D eigenvalue weighted by atomic mass is 32.2. The van der Waals surface area contributed by atoms with E-state index in [1.807, 2.05) is 0 Å². The number of benzene rings is 1. The van der Waals surface area contributed by atoms with E-state index in [0.717, 1.165) is 12.1 Å². The molecular weight excluding hydrogens is 300 g/mol. The molecule has 0 spiro atoms. The Morgan fingerprint density at radius 1 is 1.30 bits per heavy atom. The Morgan fingerprint density at radius 2 is 1.85 bits per heavy atom. The number of rotatable bonds is 3. The van der Waals surface area contributed by atoms with Crippen LogP contribution in [0, 0.1) is 12.7 Å². The minimum absolute atomic E-state index is 0.0535. The fraction of sp³-hybridized carbons (Fsp3) is 0.455. The van der Waals surface area contributed by atoms with Crippen LogP contribution in [0.15, 0.2) is 17.0 Å². The summed E-state index contributed by atoms with van der Waals surface area (Å²) in [6.45, 7) is 1.28. The van der Waals surface area contributed by atoms with Crippen molar-refractivity contribution in [1.29, 1.82) is 0 Å². The number of nitrogens with two attached hydrogens (primary N) is 1. The van der Waals surface area contributed by atoms with Crippen LogP contribution >= 0.6 is 0 Å². The number of aryl methyl sites for hydroxylation is 1. The molecule has 0 saturated heterocycles. The Labute approximate surface area is 113 Å². The number of alkyl halides is 3. The molecule has 20 heavy (non-hydrogen) atoms. The molecular formula is C11H12F4N2O2S. The van der Waals surface area contributed by atoms with Crippen LogP contribution in [0.25, 0.3) is 0 Å². The lowest BCUT2D eigenvalue weighted by atomic mass is 10.2. The van der Waals surface area contributed by atoms with Gasteiger partial charge < -0.3 is 5.73 Å². The maximum atomic E-state index is 13.3. The lowest BCUT2D eigenvalue weighted by molar-refractivity contribution is -0.160. The summed E-state index contributed by atoms with van der Waals surface area (Å²) >= 11 is 0. The van der Waals surface area contributed by atoms with Gasteiger partial charge >= 0.3 is 6.18 Å². The molecule has 0 aliphatic heterocycles. The summed E-state index contributed by atoms with van der Waals surface area (Å²) in [5.41, 5.74) is 2.40. The fourth-order valence-electron chi connectivity index (χ4n) is 1.80. The fourth-order valence-corrected chi connectivity index (χ4v) is 3.37. The van der Waals surface area contributed by atoms with Crippen LogP contribution in [0.5, 0.6) is 0 Å². The molecule has 1 aliphatic carbocycles. The zero-order valence-electron chi connectivity index (χ0n) is 10.4. The molecule has 1 fully saturated rings. The minimum atomic E-state index is -4.67. The molecule has 112 valence electrons. The lowest BCUT2D eigenvalue weighted by Gasteiger charge is -2.21. The van der Waals surface area contributed by atoms with Crippen molar-refractivity contribution < 1.29 is 26.0 Å². The molecule has 1 saturated carbocycles. The normalized spacial score (nSPS) is 18.1. The minimum Gasteiger partial charge on any atom is -0.396 e. The molecule has 9 heteroatoms. The first-order chi connectivity index (χ1) is 8.98. The van der Waals surface area contributed by atoms with Gasteiger partial charge in [0.1, 0.15) is 11.4 Å². The zero-order chi connectivity index (χ0) is 15.3. The number of hydrogen-bond donors (Lipinski definition) is 2. The summed E-state index contributed by atoms with van der Waals surface area (Å²) in [5.74, 6) is -0.791. The van der Waals surface area contributed by atoms with E-state index >= 15 is 0 Å². The van der Waals surface area contributed by atoms with E-state index in [2.05, 4.69) is 0 Å². The summed E-state index contributed by atoms with van der Waals surface area (Å²) in [4.78, 5) is -0.482. The summed E-state index contributed by atoms with van der Waals surface area (Å²) in [7, 11) is -4.42. The lowest BCUT2D eigenvalue weighted by Crippen LogP contribution is -2.47. The molecule has 1 aliphatic rings. The highest BCUT2D eigenvalue weighted by Gasteiger charge is 2.65. The standard InChI is InChI=1S/C11H12F4N2O2S/c1-6-4-7(5-8(16)9(6)12)20(18,19)17-10(2-3-10)11(13,14)15/h4-5,17H,2-3,16H2,1H3. The zero-order valence-corrected chi connectivity index (χ0v) is 11.2. The van der Waals surface area contributed by atoms with Crippen molar-refractivity contribution in [2.24, 2.45) is 0 Å². The van der Waals surface area contributed by atoms with Crippen LogP contribution in [0.2, 0.25) is 0 Å². The summed E-state index contributed by atoms with van der Waals surface area (Å²) in [6.07, 6.45) is -5.29. The number of nitrogen functional groups attached to an aromatic ring is 1. The van der Waals surface area contributed by atoms with Crippen LogP contribution < -0.4 is 10.5 Å². The van der Waals surface area contributed by atoms with Gasteiger partial charge in [-0.05, 0) is 37.5 Å². The largest absolute Gasteiger partial charge is 0.407 e. The van der Waals surface area contributed by atoms with Crippen molar-refractivity contribution in [3.05, 3.63) is 23.5 Å². The van der Waals surface area contributed by atoms with Crippen molar-refractivity contribution in [2.75, 3.05) is 5.73 Å². The van der Waals surface area contributed by atoms with E-state index in [4.69, 9.17) is 5.73 Å². The van der Waals surface area contributed by atoms with Gasteiger partial charge in [0.25, 0.3) is 0 Å². The summed E-state index contributed by atoms with van der Waals surface area (Å²) in [6, 6.07) is 1.75. The number of sulfonamides is 1. The van der Waals surface area contributed by atoms with Gasteiger partial charge in [0.05, 0.1) is 10.6 Å². The smallest absolute Gasteiger partial charge is 0.396 e. The van der Waals surface area contributed by atoms with Gasteiger partial charge in [-0.2, -0.15) is 17.9 Å². The number of anilines is 1. The van der Waals surface area contributed by atoms with Gasteiger partial charge in [-0.3, -0.25) is 0 Å². The molecule has 0 heterocycles. The molecule has 1 aromatic rings. The second-order valence-electron chi connectivity index (χ2n) is 4.83. The molecule has 0 aromatic heterocycles. The molecule has 0 radical (unpaired) electrons. The van der Waals surface area contributed by atoms with E-state index < -0.39 is 38.1 Å². The third-order valence-electron chi connectivity index (χ3n) is 3.19. The predicted molar refractivity (Wildman–Crippen MR) is 63.9 cm³/mol. The monoisotopic (exact) mass is 312 g/mol. The van der Waals surface area contributed by atoms with Crippen molar-refractivity contribution >= 4 is 15.7 Å². The molecule has 3 N–H and O–H groups in total. The first-order valence-corrected chi connectivity index (χ1v) is 7.13. The van der Waals surface area contributed by atoms with Crippen molar-refractivity contribution in [2.45, 2.75) is 36.4 Å². The third-order valence-corrected chi connectivity index (χ3v) is 4.70. The average molecular weight is 312 g/mol. The van der Waals surface area contributed by atoms with Gasteiger partial charge in [-0.25, -0.2) is 12.8 Å². The second kappa shape index (κ2) is 4.32.